The number of nitrogens with zero attached hydrogens (tertiary/aromatic N) is 2. The summed E-state index contributed by atoms with van der Waals surface area (Å²) in [5.74, 6) is -3.38. The predicted octanol–water partition coefficient (Wildman–Crippen LogP) is 2.65. The molecule has 2 amide bonds. The predicted molar refractivity (Wildman–Crippen MR) is 126 cm³/mol. The number of hydrogen-bond acceptors (Lipinski definition) is 7. The van der Waals surface area contributed by atoms with Crippen molar-refractivity contribution in [3.05, 3.63) is 93.5 Å². The summed E-state index contributed by atoms with van der Waals surface area (Å²) in [7, 11) is 1.21. The molecule has 1 saturated heterocycles. The molecule has 178 valence electrons. The van der Waals surface area contributed by atoms with Crippen LogP contribution in [-0.2, 0) is 25.7 Å². The first-order chi connectivity index (χ1) is 16.8. The zero-order valence-corrected chi connectivity index (χ0v) is 19.5. The third kappa shape index (κ3) is 4.63. The molecule has 0 unspecified atom stereocenters. The first-order valence-electron chi connectivity index (χ1n) is 10.6. The number of hydrogen-bond donors (Lipinski definition) is 2. The first kappa shape index (κ1) is 24.0. The Kier molecular flexibility index (Phi) is 6.89. The number of carbonyl (C=O) groups is 3. The highest BCUT2D eigenvalue weighted by molar-refractivity contribution is 8.04. The van der Waals surface area contributed by atoms with Gasteiger partial charge in [-0.1, -0.05) is 54.2 Å². The number of methoxy groups -OCH3 is 1. The summed E-state index contributed by atoms with van der Waals surface area (Å²) in [4.78, 5) is 39.7. The van der Waals surface area contributed by atoms with Crippen molar-refractivity contribution in [3.8, 4) is 6.07 Å². The Morgan fingerprint density at radius 3 is 2.63 bits per heavy atom. The van der Waals surface area contributed by atoms with E-state index in [9.17, 15) is 24.0 Å². The number of ether oxygens (including phenoxy) is 1. The van der Waals surface area contributed by atoms with Crippen LogP contribution in [0, 0.1) is 17.1 Å². The van der Waals surface area contributed by atoms with Crippen molar-refractivity contribution in [2.75, 3.05) is 7.11 Å². The third-order valence-electron chi connectivity index (χ3n) is 5.70. The van der Waals surface area contributed by atoms with Crippen LogP contribution >= 0.6 is 11.8 Å². The van der Waals surface area contributed by atoms with Crippen LogP contribution in [0.25, 0.3) is 0 Å². The monoisotopic (exact) mass is 492 g/mol. The van der Waals surface area contributed by atoms with Crippen LogP contribution in [-0.4, -0.2) is 35.0 Å². The molecule has 2 aliphatic rings. The Morgan fingerprint density at radius 1 is 1.23 bits per heavy atom. The van der Waals surface area contributed by atoms with Crippen molar-refractivity contribution in [3.63, 3.8) is 0 Å². The van der Waals surface area contributed by atoms with Crippen molar-refractivity contribution in [1.29, 1.82) is 5.26 Å². The molecule has 10 heteroatoms. The maximum absolute atomic E-state index is 14.2. The molecule has 0 radical (unpaired) electrons. The van der Waals surface area contributed by atoms with Crippen LogP contribution in [0.5, 0.6) is 0 Å². The summed E-state index contributed by atoms with van der Waals surface area (Å²) in [6.45, 7) is 0.192. The van der Waals surface area contributed by atoms with Gasteiger partial charge in [-0.25, -0.2) is 4.39 Å². The van der Waals surface area contributed by atoms with Crippen LogP contribution in [0.1, 0.15) is 23.5 Å². The van der Waals surface area contributed by atoms with Crippen molar-refractivity contribution in [2.24, 2.45) is 5.73 Å². The second kappa shape index (κ2) is 10.0. The van der Waals surface area contributed by atoms with E-state index in [1.165, 1.54) is 25.3 Å². The molecule has 8 nitrogen and oxygen atoms in total. The number of nitrogens with two attached hydrogens (primary N) is 1. The lowest BCUT2D eigenvalue weighted by atomic mass is 9.82. The molecule has 0 bridgehead atoms. The largest absolute Gasteiger partial charge is 0.469 e. The minimum absolute atomic E-state index is 0.0584. The van der Waals surface area contributed by atoms with Crippen LogP contribution in [0.15, 0.2) is 76.6 Å². The van der Waals surface area contributed by atoms with E-state index in [1.807, 2.05) is 36.4 Å². The Balaban J connectivity index is 1.82. The minimum atomic E-state index is -1.00. The third-order valence-corrected chi connectivity index (χ3v) is 6.98. The lowest BCUT2D eigenvalue weighted by Crippen LogP contribution is -2.40. The van der Waals surface area contributed by atoms with Gasteiger partial charge in [-0.2, -0.15) is 5.26 Å². The lowest BCUT2D eigenvalue weighted by Gasteiger charge is -2.32. The molecule has 2 aliphatic heterocycles. The van der Waals surface area contributed by atoms with E-state index in [-0.39, 0.29) is 35.0 Å². The van der Waals surface area contributed by atoms with Crippen molar-refractivity contribution in [1.82, 2.24) is 10.2 Å². The average molecular weight is 493 g/mol. The smallest absolute Gasteiger partial charge is 0.307 e. The highest BCUT2D eigenvalue weighted by Crippen LogP contribution is 2.49. The first-order valence-corrected chi connectivity index (χ1v) is 11.5. The lowest BCUT2D eigenvalue weighted by molar-refractivity contribution is -0.142. The fraction of sp³-hybridized carbons (Fsp3) is 0.200. The van der Waals surface area contributed by atoms with Gasteiger partial charge in [-0.3, -0.25) is 19.3 Å². The Hall–Kier alpha value is -4.10. The fourth-order valence-corrected chi connectivity index (χ4v) is 5.36. The molecule has 1 fully saturated rings. The number of carbonyl (C=O) groups excluding carboxylic acids is 3. The highest BCUT2D eigenvalue weighted by atomic mass is 32.2. The van der Waals surface area contributed by atoms with E-state index in [2.05, 4.69) is 5.32 Å². The molecule has 2 aromatic carbocycles. The van der Waals surface area contributed by atoms with Gasteiger partial charge in [0.2, 0.25) is 5.91 Å². The molecular weight excluding hydrogens is 471 g/mol. The van der Waals surface area contributed by atoms with Crippen molar-refractivity contribution < 1.29 is 23.5 Å². The molecule has 35 heavy (non-hydrogen) atoms. The molecule has 2 heterocycles. The summed E-state index contributed by atoms with van der Waals surface area (Å²) >= 11 is 1.00. The maximum Gasteiger partial charge on any atom is 0.307 e. The zero-order chi connectivity index (χ0) is 25.1. The summed E-state index contributed by atoms with van der Waals surface area (Å²) in [5.41, 5.74) is 7.47. The number of allylic oxidation sites excluding steroid dienone is 1. The number of amides is 2. The van der Waals surface area contributed by atoms with Gasteiger partial charge < -0.3 is 15.8 Å². The van der Waals surface area contributed by atoms with E-state index in [1.54, 1.807) is 6.07 Å². The Labute approximate surface area is 205 Å². The molecule has 0 aliphatic carbocycles. The summed E-state index contributed by atoms with van der Waals surface area (Å²) in [6.07, 6.45) is -0.237. The number of benzene rings is 2. The van der Waals surface area contributed by atoms with Gasteiger partial charge in [0.25, 0.3) is 5.91 Å². The SMILES string of the molecule is COC(=O)C[C@H]1SC2=C(C(=O)NCc3ccccc3)[C@H](c3cccc(F)c3)C(C#N)=C(N)N2C1=O. The number of halogens is 1. The summed E-state index contributed by atoms with van der Waals surface area (Å²) in [6, 6.07) is 16.7. The van der Waals surface area contributed by atoms with Crippen LogP contribution in [0.3, 0.4) is 0 Å². The van der Waals surface area contributed by atoms with Crippen LogP contribution in [0.2, 0.25) is 0 Å². The van der Waals surface area contributed by atoms with Gasteiger partial charge in [0, 0.05) is 6.54 Å². The average Bonchev–Trinajstić information content (AvgIpc) is 3.18. The molecule has 2 aromatic rings. The maximum atomic E-state index is 14.2. The van der Waals surface area contributed by atoms with E-state index >= 15 is 0 Å². The fourth-order valence-electron chi connectivity index (χ4n) is 4.04. The molecule has 0 aromatic heterocycles. The van der Waals surface area contributed by atoms with Crippen molar-refractivity contribution in [2.45, 2.75) is 24.1 Å². The number of rotatable bonds is 6. The number of nitriles is 1. The highest BCUT2D eigenvalue weighted by Gasteiger charge is 2.48. The van der Waals surface area contributed by atoms with E-state index in [0.29, 0.717) is 5.56 Å². The summed E-state index contributed by atoms with van der Waals surface area (Å²) < 4.78 is 18.8. The quantitative estimate of drug-likeness (QED) is 0.594. The zero-order valence-electron chi connectivity index (χ0n) is 18.7. The van der Waals surface area contributed by atoms with E-state index in [4.69, 9.17) is 10.5 Å². The van der Waals surface area contributed by atoms with Gasteiger partial charge in [-0.05, 0) is 23.3 Å². The molecule has 0 spiro atoms. The second-order valence-corrected chi connectivity index (χ2v) is 9.04. The number of fused-ring (bicyclic) bond motifs is 1. The number of nitrogens with one attached hydrogen (secondary N) is 1. The van der Waals surface area contributed by atoms with Crippen molar-refractivity contribution >= 4 is 29.5 Å². The van der Waals surface area contributed by atoms with Gasteiger partial charge in [0.05, 0.1) is 41.7 Å². The van der Waals surface area contributed by atoms with Gasteiger partial charge in [0.1, 0.15) is 16.9 Å². The minimum Gasteiger partial charge on any atom is -0.469 e. The second-order valence-electron chi connectivity index (χ2n) is 7.85. The Morgan fingerprint density at radius 2 is 1.97 bits per heavy atom. The number of thioether (sulfide) groups is 1. The van der Waals surface area contributed by atoms with E-state index in [0.717, 1.165) is 22.2 Å². The van der Waals surface area contributed by atoms with Crippen LogP contribution in [0.4, 0.5) is 4.39 Å². The van der Waals surface area contributed by atoms with Gasteiger partial charge >= 0.3 is 5.97 Å². The summed E-state index contributed by atoms with van der Waals surface area (Å²) in [5, 5.41) is 12.1. The number of esters is 1. The standard InChI is InChI=1S/C25H21FN4O4S/c1-34-19(31)11-18-24(33)30-22(28)17(12-27)20(15-8-5-9-16(26)10-15)21(25(30)35-18)23(32)29-13-14-6-3-2-4-7-14/h2-10,18,20H,11,13,28H2,1H3,(H,29,32)/t18-,20-/m1/s1. The normalized spacial score (nSPS) is 19.3. The Bertz CT molecular complexity index is 1300. The molecular formula is C25H21FN4O4S. The molecule has 2 atom stereocenters. The van der Waals surface area contributed by atoms with Gasteiger partial charge in [0.15, 0.2) is 0 Å². The van der Waals surface area contributed by atoms with Crippen LogP contribution < -0.4 is 11.1 Å². The molecule has 0 saturated carbocycles. The van der Waals surface area contributed by atoms with E-state index < -0.39 is 34.8 Å². The molecule has 3 N–H and O–H groups in total. The molecule has 4 rings (SSSR count). The topological polar surface area (TPSA) is 126 Å². The van der Waals surface area contributed by atoms with Gasteiger partial charge in [-0.15, -0.1) is 0 Å².